The molecule has 3 heterocycles. The summed E-state index contributed by atoms with van der Waals surface area (Å²) in [4.78, 5) is 37.0. The minimum Gasteiger partial charge on any atom is -0.493 e. The van der Waals surface area contributed by atoms with Crippen LogP contribution in [0.5, 0.6) is 5.75 Å². The molecule has 2 atom stereocenters. The normalized spacial score (nSPS) is 21.3. The highest BCUT2D eigenvalue weighted by molar-refractivity contribution is 5.79. The largest absolute Gasteiger partial charge is 0.493 e. The number of carbonyl (C=O) groups is 2. The van der Waals surface area contributed by atoms with Crippen LogP contribution in [-0.2, 0) is 22.6 Å². The van der Waals surface area contributed by atoms with Gasteiger partial charge in [0.15, 0.2) is 0 Å². The number of aromatic nitrogens is 1. The molecule has 0 saturated carbocycles. The summed E-state index contributed by atoms with van der Waals surface area (Å²) >= 11 is 0. The maximum absolute atomic E-state index is 13.4. The van der Waals surface area contributed by atoms with Crippen molar-refractivity contribution in [2.24, 2.45) is 11.8 Å². The lowest BCUT2D eigenvalue weighted by Gasteiger charge is -2.40. The predicted octanol–water partition coefficient (Wildman–Crippen LogP) is 4.02. The van der Waals surface area contributed by atoms with Crippen LogP contribution in [-0.4, -0.2) is 77.4 Å². The van der Waals surface area contributed by atoms with Gasteiger partial charge >= 0.3 is 0 Å². The van der Waals surface area contributed by atoms with Crippen LogP contribution in [0.25, 0.3) is 0 Å². The van der Waals surface area contributed by atoms with E-state index in [4.69, 9.17) is 4.74 Å². The van der Waals surface area contributed by atoms with Gasteiger partial charge in [0.2, 0.25) is 11.8 Å². The molecule has 0 radical (unpaired) electrons. The number of pyridine rings is 1. The summed E-state index contributed by atoms with van der Waals surface area (Å²) in [6.45, 7) is 8.14. The van der Waals surface area contributed by atoms with E-state index < -0.39 is 0 Å². The zero-order valence-corrected chi connectivity index (χ0v) is 22.6. The topological polar surface area (TPSA) is 66.0 Å². The number of hydrogen-bond donors (Lipinski definition) is 0. The van der Waals surface area contributed by atoms with E-state index in [9.17, 15) is 9.59 Å². The van der Waals surface area contributed by atoms with Crippen molar-refractivity contribution in [3.63, 3.8) is 0 Å². The van der Waals surface area contributed by atoms with Gasteiger partial charge in [-0.2, -0.15) is 0 Å². The molecule has 200 valence electrons. The molecule has 0 N–H and O–H groups in total. The van der Waals surface area contributed by atoms with Crippen LogP contribution in [0.4, 0.5) is 0 Å². The van der Waals surface area contributed by atoms with E-state index in [2.05, 4.69) is 29.8 Å². The van der Waals surface area contributed by atoms with Crippen LogP contribution in [0.1, 0.15) is 50.8 Å². The Kier molecular flexibility index (Phi) is 9.56. The third-order valence-corrected chi connectivity index (χ3v) is 7.93. The molecule has 1 fully saturated rings. The fourth-order valence-corrected chi connectivity index (χ4v) is 5.45. The van der Waals surface area contributed by atoms with E-state index in [1.807, 2.05) is 53.2 Å². The summed E-state index contributed by atoms with van der Waals surface area (Å²) in [5, 5.41) is 0. The lowest BCUT2D eigenvalue weighted by Crippen LogP contribution is -2.49. The van der Waals surface area contributed by atoms with Gasteiger partial charge in [-0.15, -0.1) is 0 Å². The van der Waals surface area contributed by atoms with Crippen LogP contribution < -0.4 is 4.74 Å². The summed E-state index contributed by atoms with van der Waals surface area (Å²) in [5.74, 6) is 1.86. The van der Waals surface area contributed by atoms with E-state index in [1.54, 1.807) is 6.20 Å². The van der Waals surface area contributed by atoms with Crippen molar-refractivity contribution in [3.05, 3.63) is 59.9 Å². The Labute approximate surface area is 221 Å². The number of likely N-dealkylation sites (N-methyl/N-ethyl adjacent to an activating group) is 1. The van der Waals surface area contributed by atoms with E-state index >= 15 is 0 Å². The van der Waals surface area contributed by atoms with Gasteiger partial charge in [-0.05, 0) is 63.1 Å². The summed E-state index contributed by atoms with van der Waals surface area (Å²) in [7, 11) is 1.89. The second kappa shape index (κ2) is 13.0. The lowest BCUT2D eigenvalue weighted by atomic mass is 9.80. The number of carbonyl (C=O) groups excluding carboxylic acids is 2. The van der Waals surface area contributed by atoms with Crippen LogP contribution in [0, 0.1) is 11.8 Å². The summed E-state index contributed by atoms with van der Waals surface area (Å²) in [6, 6.07) is 14.3. The first-order chi connectivity index (χ1) is 17.9. The highest BCUT2D eigenvalue weighted by atomic mass is 16.5. The standard InChI is InChI=1S/C30H42N4O3/c1-23(2)34-21-26-9-4-5-12-28(26)37-18-8-10-25-20-33(30(36)22-34)17-13-24(25)19-29(35)32(3)16-14-27-11-6-7-15-31-27/h4-7,9,11-12,15,23-25H,8,10,13-14,16-22H2,1-3H3/t24-,25-/m0/s1. The van der Waals surface area contributed by atoms with Crippen molar-refractivity contribution < 1.29 is 14.3 Å². The Morgan fingerprint density at radius 1 is 1.14 bits per heavy atom. The van der Waals surface area contributed by atoms with Crippen molar-refractivity contribution in [1.29, 1.82) is 0 Å². The van der Waals surface area contributed by atoms with E-state index in [1.165, 1.54) is 0 Å². The first kappa shape index (κ1) is 27.1. The van der Waals surface area contributed by atoms with Crippen molar-refractivity contribution in [3.8, 4) is 5.75 Å². The van der Waals surface area contributed by atoms with Gasteiger partial charge in [0.05, 0.1) is 13.2 Å². The molecule has 0 unspecified atom stereocenters. The SMILES string of the molecule is CC(C)N1CC(=O)N2CC[C@@H](CC(=O)N(C)CCc3ccccn3)[C@@H](CCCOc3ccccc3C1)C2. The van der Waals surface area contributed by atoms with Crippen molar-refractivity contribution in [1.82, 2.24) is 19.7 Å². The highest BCUT2D eigenvalue weighted by Crippen LogP contribution is 2.32. The first-order valence-corrected chi connectivity index (χ1v) is 13.8. The van der Waals surface area contributed by atoms with Gasteiger partial charge in [-0.3, -0.25) is 19.5 Å². The second-order valence-corrected chi connectivity index (χ2v) is 10.8. The molecule has 0 spiro atoms. The number of benzene rings is 1. The van der Waals surface area contributed by atoms with Crippen LogP contribution in [0.2, 0.25) is 0 Å². The molecule has 2 aliphatic rings. The monoisotopic (exact) mass is 506 g/mol. The third-order valence-electron chi connectivity index (χ3n) is 7.93. The number of amides is 2. The average molecular weight is 507 g/mol. The van der Waals surface area contributed by atoms with E-state index in [0.717, 1.165) is 55.8 Å². The number of nitrogens with zero attached hydrogens (tertiary/aromatic N) is 4. The number of fused-ring (bicyclic) bond motifs is 3. The van der Waals surface area contributed by atoms with Gasteiger partial charge in [-0.1, -0.05) is 24.3 Å². The van der Waals surface area contributed by atoms with Crippen molar-refractivity contribution in [2.75, 3.05) is 39.8 Å². The highest BCUT2D eigenvalue weighted by Gasteiger charge is 2.34. The first-order valence-electron chi connectivity index (χ1n) is 13.8. The molecule has 2 amide bonds. The Bertz CT molecular complexity index is 1030. The summed E-state index contributed by atoms with van der Waals surface area (Å²) < 4.78 is 6.22. The molecule has 37 heavy (non-hydrogen) atoms. The van der Waals surface area contributed by atoms with Crippen molar-refractivity contribution >= 4 is 11.8 Å². The van der Waals surface area contributed by atoms with Crippen LogP contribution in [0.3, 0.4) is 0 Å². The van der Waals surface area contributed by atoms with Gasteiger partial charge in [-0.25, -0.2) is 0 Å². The minimum atomic E-state index is 0.180. The number of ether oxygens (including phenoxy) is 1. The molecule has 1 aromatic carbocycles. The van der Waals surface area contributed by atoms with Crippen LogP contribution >= 0.6 is 0 Å². The fourth-order valence-electron chi connectivity index (χ4n) is 5.45. The van der Waals surface area contributed by atoms with E-state index in [-0.39, 0.29) is 23.8 Å². The molecule has 0 aliphatic carbocycles. The molecule has 4 rings (SSSR count). The predicted molar refractivity (Wildman–Crippen MR) is 145 cm³/mol. The number of hydrogen-bond acceptors (Lipinski definition) is 5. The van der Waals surface area contributed by atoms with Crippen molar-refractivity contribution in [2.45, 2.75) is 58.5 Å². The van der Waals surface area contributed by atoms with E-state index in [0.29, 0.717) is 38.6 Å². The Morgan fingerprint density at radius 3 is 2.73 bits per heavy atom. The smallest absolute Gasteiger partial charge is 0.236 e. The number of piperidine rings is 1. The third kappa shape index (κ3) is 7.54. The Balaban J connectivity index is 1.41. The zero-order chi connectivity index (χ0) is 26.2. The summed E-state index contributed by atoms with van der Waals surface area (Å²) in [5.41, 5.74) is 2.12. The molecular weight excluding hydrogens is 464 g/mol. The van der Waals surface area contributed by atoms with Gasteiger partial charge in [0.1, 0.15) is 5.75 Å². The molecule has 2 aromatic rings. The molecular formula is C30H42N4O3. The summed E-state index contributed by atoms with van der Waals surface area (Å²) in [6.07, 6.45) is 5.82. The average Bonchev–Trinajstić information content (AvgIpc) is 2.91. The Hall–Kier alpha value is -2.93. The molecule has 2 aliphatic heterocycles. The quantitative estimate of drug-likeness (QED) is 0.592. The molecule has 7 nitrogen and oxygen atoms in total. The Morgan fingerprint density at radius 2 is 1.95 bits per heavy atom. The maximum Gasteiger partial charge on any atom is 0.236 e. The molecule has 7 heteroatoms. The van der Waals surface area contributed by atoms with Gasteiger partial charge in [0, 0.05) is 69.6 Å². The lowest BCUT2D eigenvalue weighted by molar-refractivity contribution is -0.137. The molecule has 1 aromatic heterocycles. The maximum atomic E-state index is 13.4. The van der Waals surface area contributed by atoms with Crippen LogP contribution in [0.15, 0.2) is 48.7 Å². The number of para-hydroxylation sites is 1. The number of rotatable bonds is 6. The second-order valence-electron chi connectivity index (χ2n) is 10.8. The molecule has 2 bridgehead atoms. The van der Waals surface area contributed by atoms with Gasteiger partial charge in [0.25, 0.3) is 0 Å². The fraction of sp³-hybridized carbons (Fsp3) is 0.567. The van der Waals surface area contributed by atoms with Gasteiger partial charge < -0.3 is 14.5 Å². The zero-order valence-electron chi connectivity index (χ0n) is 22.6. The molecule has 1 saturated heterocycles. The minimum absolute atomic E-state index is 0.180.